The first-order chi connectivity index (χ1) is 8.06. The van der Waals surface area contributed by atoms with Crippen LogP contribution in [0, 0.1) is 13.8 Å². The number of hydrogen-bond acceptors (Lipinski definition) is 2. The third kappa shape index (κ3) is 3.33. The quantitative estimate of drug-likeness (QED) is 0.747. The van der Waals surface area contributed by atoms with Crippen LogP contribution in [0.4, 0.5) is 5.69 Å². The molecule has 0 radical (unpaired) electrons. The highest BCUT2D eigenvalue weighted by molar-refractivity contribution is 9.11. The van der Waals surface area contributed by atoms with Gasteiger partial charge in [0.25, 0.3) is 0 Å². The first kappa shape index (κ1) is 13.1. The normalized spacial score (nSPS) is 10.6. The third-order valence-corrected chi connectivity index (χ3v) is 4.73. The molecule has 1 aromatic carbocycles. The summed E-state index contributed by atoms with van der Waals surface area (Å²) < 4.78 is 2.17. The lowest BCUT2D eigenvalue weighted by molar-refractivity contribution is 1.14. The van der Waals surface area contributed by atoms with Gasteiger partial charge in [-0.1, -0.05) is 15.9 Å². The first-order valence-electron chi connectivity index (χ1n) is 5.31. The van der Waals surface area contributed by atoms with Crippen molar-refractivity contribution in [3.63, 3.8) is 0 Å². The molecule has 1 nitrogen and oxygen atoms in total. The Morgan fingerprint density at radius 2 is 1.94 bits per heavy atom. The van der Waals surface area contributed by atoms with Crippen molar-refractivity contribution in [1.82, 2.24) is 0 Å². The first-order valence-corrected chi connectivity index (χ1v) is 7.71. The van der Waals surface area contributed by atoms with E-state index >= 15 is 0 Å². The lowest BCUT2D eigenvalue weighted by Gasteiger charge is -2.08. The van der Waals surface area contributed by atoms with Gasteiger partial charge in [-0.3, -0.25) is 0 Å². The van der Waals surface area contributed by atoms with E-state index in [4.69, 9.17) is 0 Å². The van der Waals surface area contributed by atoms with Gasteiger partial charge in [0.1, 0.15) is 0 Å². The summed E-state index contributed by atoms with van der Waals surface area (Å²) in [7, 11) is 0. The molecule has 2 aromatic rings. The Labute approximate surface area is 123 Å². The molecule has 4 heteroatoms. The maximum atomic E-state index is 3.55. The molecule has 0 aliphatic heterocycles. The van der Waals surface area contributed by atoms with E-state index in [0.717, 1.165) is 21.2 Å². The van der Waals surface area contributed by atoms with E-state index in [2.05, 4.69) is 63.2 Å². The summed E-state index contributed by atoms with van der Waals surface area (Å²) >= 11 is 8.88. The van der Waals surface area contributed by atoms with Crippen LogP contribution in [0.1, 0.15) is 15.3 Å². The number of hydrogen-bond donors (Lipinski definition) is 1. The van der Waals surface area contributed by atoms with Crippen LogP contribution in [0.25, 0.3) is 0 Å². The molecule has 0 fully saturated rings. The van der Waals surface area contributed by atoms with E-state index in [1.54, 1.807) is 0 Å². The molecule has 0 aliphatic carbocycles. The number of benzene rings is 1. The molecule has 0 aliphatic rings. The molecule has 0 amide bonds. The molecular weight excluding hydrogens is 362 g/mol. The fourth-order valence-electron chi connectivity index (χ4n) is 1.68. The Bertz CT molecular complexity index is 534. The van der Waals surface area contributed by atoms with Gasteiger partial charge in [0, 0.05) is 30.9 Å². The van der Waals surface area contributed by atoms with Gasteiger partial charge >= 0.3 is 0 Å². The molecule has 0 bridgehead atoms. The van der Waals surface area contributed by atoms with Crippen LogP contribution in [0.2, 0.25) is 0 Å². The predicted octanol–water partition coefficient (Wildman–Crippen LogP) is 5.50. The third-order valence-electron chi connectivity index (χ3n) is 2.54. The molecule has 1 aromatic heterocycles. The van der Waals surface area contributed by atoms with E-state index < -0.39 is 0 Å². The Hall–Kier alpha value is -0.320. The number of anilines is 1. The summed E-state index contributed by atoms with van der Waals surface area (Å²) in [4.78, 5) is 2.76. The second-order valence-corrected chi connectivity index (χ2v) is 7.15. The Kier molecular flexibility index (Phi) is 4.28. The summed E-state index contributed by atoms with van der Waals surface area (Å²) in [6.45, 7) is 5.19. The smallest absolute Gasteiger partial charge is 0.0498 e. The molecule has 0 saturated heterocycles. The number of halogens is 2. The van der Waals surface area contributed by atoms with Gasteiger partial charge in [-0.2, -0.15) is 0 Å². The lowest BCUT2D eigenvalue weighted by Crippen LogP contribution is -2.00. The van der Waals surface area contributed by atoms with E-state index in [1.165, 1.54) is 15.3 Å². The van der Waals surface area contributed by atoms with Gasteiger partial charge in [0.2, 0.25) is 0 Å². The highest BCUT2D eigenvalue weighted by Gasteiger charge is 2.04. The number of aryl methyl sites for hydroxylation is 2. The highest BCUT2D eigenvalue weighted by atomic mass is 79.9. The minimum atomic E-state index is 0.866. The van der Waals surface area contributed by atoms with Crippen molar-refractivity contribution >= 4 is 48.9 Å². The van der Waals surface area contributed by atoms with Crippen LogP contribution in [0.5, 0.6) is 0 Å². The zero-order valence-corrected chi connectivity index (χ0v) is 13.7. The zero-order valence-electron chi connectivity index (χ0n) is 9.68. The van der Waals surface area contributed by atoms with Crippen LogP contribution in [0.15, 0.2) is 33.2 Å². The second-order valence-electron chi connectivity index (χ2n) is 3.92. The van der Waals surface area contributed by atoms with Crippen molar-refractivity contribution in [2.24, 2.45) is 0 Å². The van der Waals surface area contributed by atoms with Gasteiger partial charge < -0.3 is 5.32 Å². The molecule has 0 spiro atoms. The average molecular weight is 375 g/mol. The van der Waals surface area contributed by atoms with Crippen molar-refractivity contribution in [2.45, 2.75) is 20.4 Å². The van der Waals surface area contributed by atoms with Gasteiger partial charge in [0.15, 0.2) is 0 Å². The van der Waals surface area contributed by atoms with E-state index in [0.29, 0.717) is 0 Å². The maximum Gasteiger partial charge on any atom is 0.0498 e. The zero-order chi connectivity index (χ0) is 12.4. The molecule has 2 rings (SSSR count). The van der Waals surface area contributed by atoms with E-state index in [9.17, 15) is 0 Å². The molecule has 0 unspecified atom stereocenters. The fourth-order valence-corrected chi connectivity index (χ4v) is 3.38. The van der Waals surface area contributed by atoms with Gasteiger partial charge in [-0.15, -0.1) is 11.3 Å². The van der Waals surface area contributed by atoms with Crippen LogP contribution < -0.4 is 5.32 Å². The van der Waals surface area contributed by atoms with Gasteiger partial charge in [-0.05, 0) is 59.6 Å². The molecular formula is C13H13Br2NS. The molecule has 0 saturated carbocycles. The monoisotopic (exact) mass is 373 g/mol. The highest BCUT2D eigenvalue weighted by Crippen LogP contribution is 2.28. The van der Waals surface area contributed by atoms with Crippen LogP contribution >= 0.6 is 43.2 Å². The van der Waals surface area contributed by atoms with Gasteiger partial charge in [-0.25, -0.2) is 0 Å². The lowest BCUT2D eigenvalue weighted by atomic mass is 10.2. The molecule has 90 valence electrons. The molecule has 17 heavy (non-hydrogen) atoms. The second kappa shape index (κ2) is 5.55. The fraction of sp³-hybridized carbons (Fsp3) is 0.231. The average Bonchev–Trinajstić information content (AvgIpc) is 2.59. The van der Waals surface area contributed by atoms with Crippen molar-refractivity contribution in [1.29, 1.82) is 0 Å². The van der Waals surface area contributed by atoms with E-state index in [-0.39, 0.29) is 0 Å². The SMILES string of the molecule is Cc1cc(CNc2cc(Br)ccc2Br)c(C)s1. The Morgan fingerprint density at radius 1 is 1.18 bits per heavy atom. The summed E-state index contributed by atoms with van der Waals surface area (Å²) in [6.07, 6.45) is 0. The largest absolute Gasteiger partial charge is 0.380 e. The van der Waals surface area contributed by atoms with Crippen molar-refractivity contribution in [3.05, 3.63) is 48.5 Å². The number of thiophene rings is 1. The standard InChI is InChI=1S/C13H13Br2NS/c1-8-5-10(9(2)17-8)7-16-13-6-11(14)3-4-12(13)15/h3-6,16H,7H2,1-2H3. The summed E-state index contributed by atoms with van der Waals surface area (Å²) in [6, 6.07) is 8.39. The Morgan fingerprint density at radius 3 is 2.59 bits per heavy atom. The van der Waals surface area contributed by atoms with E-state index in [1.807, 2.05) is 23.5 Å². The summed E-state index contributed by atoms with van der Waals surface area (Å²) in [5.74, 6) is 0. The minimum absolute atomic E-state index is 0.866. The molecule has 1 N–H and O–H groups in total. The Balaban J connectivity index is 2.12. The molecule has 1 heterocycles. The van der Waals surface area contributed by atoms with Gasteiger partial charge in [0.05, 0.1) is 0 Å². The topological polar surface area (TPSA) is 12.0 Å². The van der Waals surface area contributed by atoms with Crippen LogP contribution in [-0.4, -0.2) is 0 Å². The maximum absolute atomic E-state index is 3.55. The number of nitrogens with one attached hydrogen (secondary N) is 1. The summed E-state index contributed by atoms with van der Waals surface area (Å²) in [5, 5.41) is 3.45. The van der Waals surface area contributed by atoms with Crippen molar-refractivity contribution < 1.29 is 0 Å². The minimum Gasteiger partial charge on any atom is -0.380 e. The molecule has 0 atom stereocenters. The predicted molar refractivity (Wildman–Crippen MR) is 83.0 cm³/mol. The van der Waals surface area contributed by atoms with Crippen LogP contribution in [-0.2, 0) is 6.54 Å². The number of rotatable bonds is 3. The summed E-state index contributed by atoms with van der Waals surface area (Å²) in [5.41, 5.74) is 2.49. The van der Waals surface area contributed by atoms with Crippen LogP contribution in [0.3, 0.4) is 0 Å². The van der Waals surface area contributed by atoms with Crippen molar-refractivity contribution in [2.75, 3.05) is 5.32 Å². The van der Waals surface area contributed by atoms with Crippen molar-refractivity contribution in [3.8, 4) is 0 Å².